The lowest BCUT2D eigenvalue weighted by Gasteiger charge is -2.29. The van der Waals surface area contributed by atoms with E-state index in [0.717, 1.165) is 32.0 Å². The molecular weight excluding hydrogens is 276 g/mol. The minimum absolute atomic E-state index is 0.319. The molecular formula is C17H22N4O. The summed E-state index contributed by atoms with van der Waals surface area (Å²) < 4.78 is 5.97. The molecule has 0 amide bonds. The van der Waals surface area contributed by atoms with Crippen molar-refractivity contribution in [2.45, 2.75) is 12.8 Å². The normalized spacial score (nSPS) is 16.3. The van der Waals surface area contributed by atoms with Gasteiger partial charge in [0.2, 0.25) is 0 Å². The molecule has 1 unspecified atom stereocenters. The maximum Gasteiger partial charge on any atom is 0.257 e. The van der Waals surface area contributed by atoms with E-state index in [2.05, 4.69) is 51.4 Å². The zero-order valence-corrected chi connectivity index (χ0v) is 12.9. The van der Waals surface area contributed by atoms with Crippen LogP contribution in [0.15, 0.2) is 42.7 Å². The number of aromatic nitrogens is 2. The highest BCUT2D eigenvalue weighted by Gasteiger charge is 2.18. The molecule has 1 N–H and O–H groups in total. The third-order valence-electron chi connectivity index (χ3n) is 3.90. The summed E-state index contributed by atoms with van der Waals surface area (Å²) in [6.07, 6.45) is 3.42. The van der Waals surface area contributed by atoms with Gasteiger partial charge in [-0.3, -0.25) is 0 Å². The molecule has 1 aliphatic heterocycles. The van der Waals surface area contributed by atoms with Crippen molar-refractivity contribution in [1.29, 1.82) is 0 Å². The van der Waals surface area contributed by atoms with Gasteiger partial charge in [0.05, 0.1) is 6.61 Å². The van der Waals surface area contributed by atoms with E-state index in [4.69, 9.17) is 4.74 Å². The molecule has 22 heavy (non-hydrogen) atoms. The fourth-order valence-corrected chi connectivity index (χ4v) is 2.60. The van der Waals surface area contributed by atoms with Gasteiger partial charge in [-0.05, 0) is 5.56 Å². The van der Waals surface area contributed by atoms with Gasteiger partial charge < -0.3 is 15.0 Å². The van der Waals surface area contributed by atoms with Crippen molar-refractivity contribution in [2.75, 3.05) is 37.7 Å². The van der Waals surface area contributed by atoms with Crippen LogP contribution in [0.4, 0.5) is 5.82 Å². The van der Waals surface area contributed by atoms with Crippen molar-refractivity contribution >= 4 is 5.82 Å². The molecule has 1 aliphatic rings. The Kier molecular flexibility index (Phi) is 4.85. The molecule has 2 aromatic rings. The third-order valence-corrected chi connectivity index (χ3v) is 3.90. The van der Waals surface area contributed by atoms with Crippen molar-refractivity contribution < 1.29 is 4.74 Å². The monoisotopic (exact) mass is 298 g/mol. The molecule has 0 bridgehead atoms. The Morgan fingerprint density at radius 1 is 1.14 bits per heavy atom. The van der Waals surface area contributed by atoms with Crippen LogP contribution < -0.4 is 15.0 Å². The maximum atomic E-state index is 5.97. The first-order valence-corrected chi connectivity index (χ1v) is 7.79. The number of hydrogen-bond acceptors (Lipinski definition) is 5. The Morgan fingerprint density at radius 2 is 1.86 bits per heavy atom. The van der Waals surface area contributed by atoms with E-state index in [0.29, 0.717) is 18.4 Å². The van der Waals surface area contributed by atoms with Crippen LogP contribution in [-0.2, 0) is 0 Å². The Morgan fingerprint density at radius 3 is 2.64 bits per heavy atom. The van der Waals surface area contributed by atoms with Gasteiger partial charge in [-0.25, -0.2) is 9.97 Å². The van der Waals surface area contributed by atoms with E-state index < -0.39 is 0 Å². The van der Waals surface area contributed by atoms with Gasteiger partial charge in [0.1, 0.15) is 0 Å². The van der Waals surface area contributed by atoms with Gasteiger partial charge in [-0.2, -0.15) is 0 Å². The second-order valence-electron chi connectivity index (χ2n) is 5.54. The molecule has 1 saturated heterocycles. The lowest BCUT2D eigenvalue weighted by molar-refractivity contribution is 0.283. The number of rotatable bonds is 5. The van der Waals surface area contributed by atoms with Gasteiger partial charge in [0.15, 0.2) is 5.82 Å². The molecule has 1 fully saturated rings. The van der Waals surface area contributed by atoms with E-state index in [9.17, 15) is 0 Å². The van der Waals surface area contributed by atoms with Crippen molar-refractivity contribution in [1.82, 2.24) is 15.3 Å². The predicted octanol–water partition coefficient (Wildman–Crippen LogP) is 2.07. The van der Waals surface area contributed by atoms with E-state index >= 15 is 0 Å². The topological polar surface area (TPSA) is 50.3 Å². The fourth-order valence-electron chi connectivity index (χ4n) is 2.60. The van der Waals surface area contributed by atoms with E-state index in [1.54, 1.807) is 12.4 Å². The summed E-state index contributed by atoms with van der Waals surface area (Å²) in [6, 6.07) is 10.4. The Bertz CT molecular complexity index is 584. The molecule has 0 spiro atoms. The van der Waals surface area contributed by atoms with Crippen LogP contribution in [0.5, 0.6) is 5.88 Å². The van der Waals surface area contributed by atoms with E-state index in [-0.39, 0.29) is 0 Å². The summed E-state index contributed by atoms with van der Waals surface area (Å²) in [4.78, 5) is 11.1. The molecule has 1 aromatic heterocycles. The highest BCUT2D eigenvalue weighted by atomic mass is 16.5. The molecule has 1 aromatic carbocycles. The number of ether oxygens (including phenoxy) is 1. The van der Waals surface area contributed by atoms with Crippen molar-refractivity contribution in [3.05, 3.63) is 48.3 Å². The first kappa shape index (κ1) is 14.8. The molecule has 0 aliphatic carbocycles. The molecule has 1 atom stereocenters. The third kappa shape index (κ3) is 3.54. The SMILES string of the molecule is CC(COc1nccnc1N1CCNCC1)c1ccccc1. The van der Waals surface area contributed by atoms with Crippen LogP contribution in [0.1, 0.15) is 18.4 Å². The highest BCUT2D eigenvalue weighted by molar-refractivity contribution is 5.48. The van der Waals surface area contributed by atoms with Gasteiger partial charge in [-0.1, -0.05) is 37.3 Å². The zero-order valence-electron chi connectivity index (χ0n) is 12.9. The Hall–Kier alpha value is -2.14. The quantitative estimate of drug-likeness (QED) is 0.916. The number of nitrogens with one attached hydrogen (secondary N) is 1. The lowest BCUT2D eigenvalue weighted by Crippen LogP contribution is -2.44. The second-order valence-corrected chi connectivity index (χ2v) is 5.54. The van der Waals surface area contributed by atoms with Crippen LogP contribution in [0.25, 0.3) is 0 Å². The van der Waals surface area contributed by atoms with Gasteiger partial charge >= 0.3 is 0 Å². The summed E-state index contributed by atoms with van der Waals surface area (Å²) in [5.74, 6) is 1.80. The first-order chi connectivity index (χ1) is 10.8. The van der Waals surface area contributed by atoms with Crippen LogP contribution in [0, 0.1) is 0 Å². The number of anilines is 1. The second kappa shape index (κ2) is 7.22. The smallest absolute Gasteiger partial charge is 0.257 e. The van der Waals surface area contributed by atoms with Gasteiger partial charge in [-0.15, -0.1) is 0 Å². The molecule has 5 heteroatoms. The largest absolute Gasteiger partial charge is 0.474 e. The first-order valence-electron chi connectivity index (χ1n) is 7.79. The van der Waals surface area contributed by atoms with Crippen LogP contribution in [0.3, 0.4) is 0 Å². The molecule has 5 nitrogen and oxygen atoms in total. The van der Waals surface area contributed by atoms with Crippen LogP contribution >= 0.6 is 0 Å². The van der Waals surface area contributed by atoms with Crippen LogP contribution in [-0.4, -0.2) is 42.8 Å². The standard InChI is InChI=1S/C17H22N4O/c1-14(15-5-3-2-4-6-15)13-22-17-16(19-7-8-20-17)21-11-9-18-10-12-21/h2-8,14,18H,9-13H2,1H3. The van der Waals surface area contributed by atoms with Crippen molar-refractivity contribution in [3.8, 4) is 5.88 Å². The number of piperazine rings is 1. The molecule has 0 saturated carbocycles. The molecule has 0 radical (unpaired) electrons. The fraction of sp³-hybridized carbons (Fsp3) is 0.412. The zero-order chi connectivity index (χ0) is 15.2. The average Bonchev–Trinajstić information content (AvgIpc) is 2.61. The highest BCUT2D eigenvalue weighted by Crippen LogP contribution is 2.24. The summed E-state index contributed by atoms with van der Waals surface area (Å²) in [7, 11) is 0. The summed E-state index contributed by atoms with van der Waals surface area (Å²) in [5.41, 5.74) is 1.27. The molecule has 3 rings (SSSR count). The van der Waals surface area contributed by atoms with Gasteiger partial charge in [0, 0.05) is 44.5 Å². The molecule has 2 heterocycles. The summed E-state index contributed by atoms with van der Waals surface area (Å²) >= 11 is 0. The van der Waals surface area contributed by atoms with E-state index in [1.807, 2.05) is 6.07 Å². The van der Waals surface area contributed by atoms with Crippen molar-refractivity contribution in [2.24, 2.45) is 0 Å². The number of hydrogen-bond donors (Lipinski definition) is 1. The van der Waals surface area contributed by atoms with E-state index in [1.165, 1.54) is 5.56 Å². The Balaban J connectivity index is 1.67. The maximum absolute atomic E-state index is 5.97. The minimum atomic E-state index is 0.319. The summed E-state index contributed by atoms with van der Waals surface area (Å²) in [6.45, 7) is 6.57. The number of benzene rings is 1. The average molecular weight is 298 g/mol. The number of nitrogens with zero attached hydrogens (tertiary/aromatic N) is 3. The lowest BCUT2D eigenvalue weighted by atomic mass is 10.0. The van der Waals surface area contributed by atoms with Crippen molar-refractivity contribution in [3.63, 3.8) is 0 Å². The molecule has 116 valence electrons. The Labute approximate surface area is 131 Å². The van der Waals surface area contributed by atoms with Crippen LogP contribution in [0.2, 0.25) is 0 Å². The van der Waals surface area contributed by atoms with Gasteiger partial charge in [0.25, 0.3) is 5.88 Å². The minimum Gasteiger partial charge on any atom is -0.474 e. The summed E-state index contributed by atoms with van der Waals surface area (Å²) in [5, 5.41) is 3.34. The predicted molar refractivity (Wildman–Crippen MR) is 87.5 cm³/mol.